The molecule has 3 rings (SSSR count). The average Bonchev–Trinajstić information content (AvgIpc) is 2.60. The Labute approximate surface area is 149 Å². The van der Waals surface area contributed by atoms with E-state index >= 15 is 0 Å². The summed E-state index contributed by atoms with van der Waals surface area (Å²) >= 11 is 0. The highest BCUT2D eigenvalue weighted by molar-refractivity contribution is 5.93. The fourth-order valence-corrected chi connectivity index (χ4v) is 2.90. The summed E-state index contributed by atoms with van der Waals surface area (Å²) in [4.78, 5) is 35.1. The van der Waals surface area contributed by atoms with Crippen molar-refractivity contribution >= 4 is 28.2 Å². The molecule has 3 aromatic rings. The number of hydrogen-bond donors (Lipinski definition) is 1. The number of para-hydroxylation sites is 1. The second kappa shape index (κ2) is 6.79. The predicted octanol–water partition coefficient (Wildman–Crippen LogP) is 3.17. The number of benzene rings is 2. The summed E-state index contributed by atoms with van der Waals surface area (Å²) in [6, 6.07) is 12.7. The van der Waals surface area contributed by atoms with Crippen LogP contribution < -0.4 is 10.9 Å². The van der Waals surface area contributed by atoms with Crippen LogP contribution in [0.5, 0.6) is 0 Å². The van der Waals surface area contributed by atoms with Crippen LogP contribution in [0.1, 0.15) is 11.1 Å². The SMILES string of the molecule is Cc1cccc(C)c1NC(=O)Cn1c(=O)ccc2cc([N+](=O)[O-])ccc21. The number of aryl methyl sites for hydroxylation is 2. The number of pyridine rings is 1. The van der Waals surface area contributed by atoms with Crippen molar-refractivity contribution in [1.82, 2.24) is 4.57 Å². The van der Waals surface area contributed by atoms with Crippen molar-refractivity contribution in [2.24, 2.45) is 0 Å². The molecule has 0 spiro atoms. The third-order valence-electron chi connectivity index (χ3n) is 4.23. The summed E-state index contributed by atoms with van der Waals surface area (Å²) in [5.41, 5.74) is 2.64. The highest BCUT2D eigenvalue weighted by Gasteiger charge is 2.13. The molecule has 1 aromatic heterocycles. The molecule has 0 aliphatic heterocycles. The lowest BCUT2D eigenvalue weighted by molar-refractivity contribution is -0.384. The number of carbonyl (C=O) groups excluding carboxylic acids is 1. The minimum absolute atomic E-state index is 0.0670. The van der Waals surface area contributed by atoms with E-state index in [0.717, 1.165) is 16.8 Å². The van der Waals surface area contributed by atoms with Crippen LogP contribution in [0, 0.1) is 24.0 Å². The Morgan fingerprint density at radius 2 is 1.81 bits per heavy atom. The van der Waals surface area contributed by atoms with E-state index < -0.39 is 4.92 Å². The van der Waals surface area contributed by atoms with Gasteiger partial charge in [0.05, 0.1) is 10.4 Å². The topological polar surface area (TPSA) is 94.2 Å². The first-order valence-electron chi connectivity index (χ1n) is 8.01. The molecule has 26 heavy (non-hydrogen) atoms. The Morgan fingerprint density at radius 3 is 2.46 bits per heavy atom. The lowest BCUT2D eigenvalue weighted by Gasteiger charge is -2.13. The second-order valence-electron chi connectivity index (χ2n) is 6.07. The molecule has 2 aromatic carbocycles. The van der Waals surface area contributed by atoms with Gasteiger partial charge in [-0.1, -0.05) is 18.2 Å². The number of anilines is 1. The van der Waals surface area contributed by atoms with E-state index in [0.29, 0.717) is 10.9 Å². The van der Waals surface area contributed by atoms with Crippen LogP contribution in [-0.2, 0) is 11.3 Å². The molecule has 7 nitrogen and oxygen atoms in total. The second-order valence-corrected chi connectivity index (χ2v) is 6.07. The molecule has 1 amide bonds. The van der Waals surface area contributed by atoms with Gasteiger partial charge in [-0.25, -0.2) is 0 Å². The quantitative estimate of drug-likeness (QED) is 0.577. The third kappa shape index (κ3) is 3.32. The van der Waals surface area contributed by atoms with Gasteiger partial charge in [0.1, 0.15) is 6.54 Å². The van der Waals surface area contributed by atoms with Gasteiger partial charge in [-0.05, 0) is 37.1 Å². The van der Waals surface area contributed by atoms with Gasteiger partial charge < -0.3 is 5.32 Å². The van der Waals surface area contributed by atoms with Crippen LogP contribution in [0.15, 0.2) is 53.3 Å². The molecule has 1 heterocycles. The molecule has 0 bridgehead atoms. The van der Waals surface area contributed by atoms with Gasteiger partial charge in [-0.15, -0.1) is 0 Å². The van der Waals surface area contributed by atoms with Gasteiger partial charge in [0.2, 0.25) is 5.91 Å². The van der Waals surface area contributed by atoms with Gasteiger partial charge in [-0.2, -0.15) is 0 Å². The molecule has 0 fully saturated rings. The summed E-state index contributed by atoms with van der Waals surface area (Å²) < 4.78 is 1.31. The first-order chi connectivity index (χ1) is 12.4. The summed E-state index contributed by atoms with van der Waals surface area (Å²) in [6.45, 7) is 3.61. The van der Waals surface area contributed by atoms with Crippen LogP contribution >= 0.6 is 0 Å². The van der Waals surface area contributed by atoms with Gasteiger partial charge in [0.25, 0.3) is 11.2 Å². The van der Waals surface area contributed by atoms with Crippen LogP contribution in [-0.4, -0.2) is 15.4 Å². The van der Waals surface area contributed by atoms with Crippen LogP contribution in [0.4, 0.5) is 11.4 Å². The summed E-state index contributed by atoms with van der Waals surface area (Å²) in [6.07, 6.45) is 0. The predicted molar refractivity (Wildman–Crippen MR) is 99.4 cm³/mol. The van der Waals surface area contributed by atoms with Crippen molar-refractivity contribution in [3.8, 4) is 0 Å². The van der Waals surface area contributed by atoms with Crippen LogP contribution in [0.25, 0.3) is 10.9 Å². The summed E-state index contributed by atoms with van der Waals surface area (Å²) in [5.74, 6) is -0.338. The lowest BCUT2D eigenvalue weighted by Crippen LogP contribution is -2.27. The fourth-order valence-electron chi connectivity index (χ4n) is 2.90. The number of nitrogens with zero attached hydrogens (tertiary/aromatic N) is 2. The smallest absolute Gasteiger partial charge is 0.270 e. The van der Waals surface area contributed by atoms with Crippen molar-refractivity contribution in [3.63, 3.8) is 0 Å². The number of amides is 1. The molecule has 7 heteroatoms. The standard InChI is InChI=1S/C19H17N3O4/c1-12-4-3-5-13(2)19(12)20-17(23)11-21-16-8-7-15(22(25)26)10-14(16)6-9-18(21)24/h3-10H,11H2,1-2H3,(H,20,23). The first kappa shape index (κ1) is 17.3. The lowest BCUT2D eigenvalue weighted by atomic mass is 10.1. The molecule has 1 N–H and O–H groups in total. The van der Waals surface area contributed by atoms with Crippen molar-refractivity contribution < 1.29 is 9.72 Å². The maximum atomic E-state index is 12.5. The van der Waals surface area contributed by atoms with Crippen molar-refractivity contribution in [2.45, 2.75) is 20.4 Å². The largest absolute Gasteiger partial charge is 0.324 e. The van der Waals surface area contributed by atoms with Gasteiger partial charge in [-0.3, -0.25) is 24.3 Å². The number of aromatic nitrogens is 1. The highest BCUT2D eigenvalue weighted by atomic mass is 16.6. The number of nitro benzene ring substituents is 1. The molecule has 0 radical (unpaired) electrons. The Hall–Kier alpha value is -3.48. The Morgan fingerprint density at radius 1 is 1.12 bits per heavy atom. The molecular formula is C19H17N3O4. The Bertz CT molecular complexity index is 1070. The molecular weight excluding hydrogens is 334 g/mol. The first-order valence-corrected chi connectivity index (χ1v) is 8.01. The molecule has 0 aliphatic rings. The van der Waals surface area contributed by atoms with Gasteiger partial charge in [0.15, 0.2) is 0 Å². The number of fused-ring (bicyclic) bond motifs is 1. The zero-order valence-corrected chi connectivity index (χ0v) is 14.4. The third-order valence-corrected chi connectivity index (χ3v) is 4.23. The maximum Gasteiger partial charge on any atom is 0.270 e. The average molecular weight is 351 g/mol. The van der Waals surface area contributed by atoms with E-state index in [9.17, 15) is 19.7 Å². The normalized spacial score (nSPS) is 10.7. The molecule has 132 valence electrons. The minimum Gasteiger partial charge on any atom is -0.324 e. The van der Waals surface area contributed by atoms with E-state index in [1.807, 2.05) is 32.0 Å². The molecule has 0 aliphatic carbocycles. The number of hydrogen-bond acceptors (Lipinski definition) is 4. The maximum absolute atomic E-state index is 12.5. The fraction of sp³-hybridized carbons (Fsp3) is 0.158. The molecule has 0 saturated carbocycles. The van der Waals surface area contributed by atoms with E-state index in [2.05, 4.69) is 5.32 Å². The van der Waals surface area contributed by atoms with E-state index in [-0.39, 0.29) is 23.7 Å². The van der Waals surface area contributed by atoms with Gasteiger partial charge in [0, 0.05) is 29.3 Å². The number of carbonyl (C=O) groups is 1. The molecule has 0 saturated heterocycles. The number of nitrogens with one attached hydrogen (secondary N) is 1. The van der Waals surface area contributed by atoms with E-state index in [1.54, 1.807) is 0 Å². The zero-order valence-electron chi connectivity index (χ0n) is 14.4. The van der Waals surface area contributed by atoms with Crippen molar-refractivity contribution in [1.29, 1.82) is 0 Å². The zero-order chi connectivity index (χ0) is 18.8. The number of nitro groups is 1. The Balaban J connectivity index is 1.95. The number of rotatable bonds is 4. The monoisotopic (exact) mass is 351 g/mol. The summed E-state index contributed by atoms with van der Waals surface area (Å²) in [5, 5.41) is 14.3. The Kier molecular flexibility index (Phi) is 4.53. The van der Waals surface area contributed by atoms with Crippen molar-refractivity contribution in [3.05, 3.63) is 80.1 Å². The van der Waals surface area contributed by atoms with Crippen LogP contribution in [0.2, 0.25) is 0 Å². The van der Waals surface area contributed by atoms with Crippen LogP contribution in [0.3, 0.4) is 0 Å². The molecule has 0 unspecified atom stereocenters. The summed E-state index contributed by atoms with van der Waals surface area (Å²) in [7, 11) is 0. The minimum atomic E-state index is -0.497. The number of non-ortho nitro benzene ring substituents is 1. The van der Waals surface area contributed by atoms with Crippen molar-refractivity contribution in [2.75, 3.05) is 5.32 Å². The van der Waals surface area contributed by atoms with E-state index in [4.69, 9.17) is 0 Å². The highest BCUT2D eigenvalue weighted by Crippen LogP contribution is 2.21. The molecule has 0 atom stereocenters. The van der Waals surface area contributed by atoms with Gasteiger partial charge >= 0.3 is 0 Å². The van der Waals surface area contributed by atoms with E-state index in [1.165, 1.54) is 34.9 Å².